The molecular weight excluding hydrogens is 187 g/mol. The predicted octanol–water partition coefficient (Wildman–Crippen LogP) is 1.79. The van der Waals surface area contributed by atoms with Gasteiger partial charge < -0.3 is 9.15 Å². The van der Waals surface area contributed by atoms with Gasteiger partial charge in [0.1, 0.15) is 11.6 Å². The summed E-state index contributed by atoms with van der Waals surface area (Å²) in [5.41, 5.74) is 0. The zero-order valence-electron chi connectivity index (χ0n) is 7.18. The van der Waals surface area contributed by atoms with Crippen molar-refractivity contribution in [3.8, 4) is 5.75 Å². The fourth-order valence-corrected chi connectivity index (χ4v) is 0.935. The Bertz CT molecular complexity index is 386. The van der Waals surface area contributed by atoms with E-state index in [4.69, 9.17) is 9.15 Å². The van der Waals surface area contributed by atoms with Crippen molar-refractivity contribution < 1.29 is 13.5 Å². The molecule has 0 unspecified atom stereocenters. The van der Waals surface area contributed by atoms with Gasteiger partial charge in [-0.3, -0.25) is 0 Å². The number of hydrogen-bond donors (Lipinski definition) is 0. The Morgan fingerprint density at radius 2 is 2.07 bits per heavy atom. The topological polar surface area (TPSA) is 48.2 Å². The number of aromatic nitrogens is 2. The number of rotatable bonds is 3. The molecule has 4 nitrogen and oxygen atoms in total. The molecule has 0 saturated heterocycles. The van der Waals surface area contributed by atoms with Crippen molar-refractivity contribution in [1.29, 1.82) is 0 Å². The second kappa shape index (κ2) is 3.87. The average Bonchev–Trinajstić information content (AvgIpc) is 2.70. The van der Waals surface area contributed by atoms with Crippen molar-refractivity contribution in [2.24, 2.45) is 0 Å². The molecule has 2 rings (SSSR count). The highest BCUT2D eigenvalue weighted by Gasteiger charge is 1.99. The predicted molar refractivity (Wildman–Crippen MR) is 45.0 cm³/mol. The van der Waals surface area contributed by atoms with Crippen molar-refractivity contribution in [2.75, 3.05) is 0 Å². The molecule has 1 heterocycles. The Labute approximate surface area is 79.3 Å². The van der Waals surface area contributed by atoms with Gasteiger partial charge in [-0.2, -0.15) is 0 Å². The van der Waals surface area contributed by atoms with Crippen molar-refractivity contribution in [3.63, 3.8) is 0 Å². The van der Waals surface area contributed by atoms with Crippen molar-refractivity contribution in [2.45, 2.75) is 6.61 Å². The van der Waals surface area contributed by atoms with Crippen LogP contribution >= 0.6 is 0 Å². The zero-order chi connectivity index (χ0) is 9.80. The van der Waals surface area contributed by atoms with Crippen LogP contribution in [-0.4, -0.2) is 10.2 Å². The Balaban J connectivity index is 1.95. The summed E-state index contributed by atoms with van der Waals surface area (Å²) in [6.07, 6.45) is 1.23. The molecule has 0 aliphatic heterocycles. The van der Waals surface area contributed by atoms with Gasteiger partial charge in [-0.1, -0.05) is 0 Å². The summed E-state index contributed by atoms with van der Waals surface area (Å²) in [4.78, 5) is 0. The average molecular weight is 194 g/mol. The van der Waals surface area contributed by atoms with Gasteiger partial charge in [-0.05, 0) is 24.3 Å². The van der Waals surface area contributed by atoms with Crippen LogP contribution in [0.5, 0.6) is 5.75 Å². The minimum absolute atomic E-state index is 0.186. The van der Waals surface area contributed by atoms with Crippen LogP contribution in [0.4, 0.5) is 4.39 Å². The summed E-state index contributed by atoms with van der Waals surface area (Å²) in [7, 11) is 0. The molecule has 5 heteroatoms. The lowest BCUT2D eigenvalue weighted by Crippen LogP contribution is -1.95. The van der Waals surface area contributed by atoms with Crippen LogP contribution in [0, 0.1) is 5.82 Å². The monoisotopic (exact) mass is 194 g/mol. The molecule has 1 aromatic carbocycles. The van der Waals surface area contributed by atoms with Crippen LogP contribution in [0.15, 0.2) is 35.1 Å². The number of halogens is 1. The van der Waals surface area contributed by atoms with Crippen molar-refractivity contribution in [3.05, 3.63) is 42.4 Å². The van der Waals surface area contributed by atoms with Gasteiger partial charge in [0, 0.05) is 0 Å². The van der Waals surface area contributed by atoms with Crippen LogP contribution < -0.4 is 4.74 Å². The molecular formula is C9H7FN2O2. The molecule has 1 aromatic heterocycles. The third-order valence-electron chi connectivity index (χ3n) is 1.58. The molecule has 0 atom stereocenters. The van der Waals surface area contributed by atoms with E-state index >= 15 is 0 Å². The fourth-order valence-electron chi connectivity index (χ4n) is 0.935. The molecule has 72 valence electrons. The van der Waals surface area contributed by atoms with E-state index in [-0.39, 0.29) is 12.4 Å². The number of nitrogens with zero attached hydrogens (tertiary/aromatic N) is 2. The second-order valence-electron chi connectivity index (χ2n) is 2.58. The van der Waals surface area contributed by atoms with E-state index in [1.807, 2.05) is 0 Å². The molecule has 0 saturated carbocycles. The molecule has 0 bridgehead atoms. The highest BCUT2D eigenvalue weighted by Crippen LogP contribution is 2.12. The van der Waals surface area contributed by atoms with Crippen LogP contribution in [0.25, 0.3) is 0 Å². The summed E-state index contributed by atoms with van der Waals surface area (Å²) in [6, 6.07) is 5.71. The SMILES string of the molecule is Fc1ccc(OCc2nnco2)cc1. The highest BCUT2D eigenvalue weighted by molar-refractivity contribution is 5.21. The summed E-state index contributed by atoms with van der Waals surface area (Å²) in [6.45, 7) is 0.186. The molecule has 0 amide bonds. The molecule has 0 N–H and O–H groups in total. The molecule has 0 spiro atoms. The molecule has 14 heavy (non-hydrogen) atoms. The lowest BCUT2D eigenvalue weighted by Gasteiger charge is -2.01. The van der Waals surface area contributed by atoms with Gasteiger partial charge in [-0.25, -0.2) is 4.39 Å². The molecule has 0 aliphatic carbocycles. The van der Waals surface area contributed by atoms with Crippen LogP contribution in [0.2, 0.25) is 0 Å². The van der Waals surface area contributed by atoms with E-state index in [9.17, 15) is 4.39 Å². The summed E-state index contributed by atoms with van der Waals surface area (Å²) >= 11 is 0. The maximum absolute atomic E-state index is 12.5. The fraction of sp³-hybridized carbons (Fsp3) is 0.111. The lowest BCUT2D eigenvalue weighted by atomic mass is 10.3. The van der Waals surface area contributed by atoms with Gasteiger partial charge in [0.25, 0.3) is 5.89 Å². The van der Waals surface area contributed by atoms with E-state index in [1.54, 1.807) is 0 Å². The Kier molecular flexibility index (Phi) is 2.40. The smallest absolute Gasteiger partial charge is 0.253 e. The standard InChI is InChI=1S/C9H7FN2O2/c10-7-1-3-8(4-2-7)13-5-9-12-11-6-14-9/h1-4,6H,5H2. The maximum atomic E-state index is 12.5. The first kappa shape index (κ1) is 8.68. The quantitative estimate of drug-likeness (QED) is 0.747. The molecule has 0 radical (unpaired) electrons. The first-order valence-electron chi connectivity index (χ1n) is 3.98. The Morgan fingerprint density at radius 1 is 1.29 bits per heavy atom. The van der Waals surface area contributed by atoms with Gasteiger partial charge in [0.15, 0.2) is 6.61 Å². The Morgan fingerprint density at radius 3 is 2.71 bits per heavy atom. The van der Waals surface area contributed by atoms with Crippen molar-refractivity contribution in [1.82, 2.24) is 10.2 Å². The molecule has 2 aromatic rings. The van der Waals surface area contributed by atoms with Crippen LogP contribution in [0.3, 0.4) is 0 Å². The lowest BCUT2D eigenvalue weighted by molar-refractivity contribution is 0.262. The molecule has 0 fully saturated rings. The van der Waals surface area contributed by atoms with Gasteiger partial charge in [0.2, 0.25) is 6.39 Å². The Hall–Kier alpha value is -1.91. The van der Waals surface area contributed by atoms with E-state index in [0.29, 0.717) is 11.6 Å². The van der Waals surface area contributed by atoms with Gasteiger partial charge in [-0.15, -0.1) is 10.2 Å². The summed E-state index contributed by atoms with van der Waals surface area (Å²) < 4.78 is 22.6. The van der Waals surface area contributed by atoms with Gasteiger partial charge in [0.05, 0.1) is 0 Å². The third kappa shape index (κ3) is 2.07. The van der Waals surface area contributed by atoms with Crippen LogP contribution in [-0.2, 0) is 6.61 Å². The largest absolute Gasteiger partial charge is 0.484 e. The maximum Gasteiger partial charge on any atom is 0.253 e. The third-order valence-corrected chi connectivity index (χ3v) is 1.58. The van der Waals surface area contributed by atoms with E-state index < -0.39 is 0 Å². The first-order chi connectivity index (χ1) is 6.84. The number of ether oxygens (including phenoxy) is 1. The van der Waals surface area contributed by atoms with E-state index in [1.165, 1.54) is 30.7 Å². The normalized spacial score (nSPS) is 10.1. The minimum Gasteiger partial charge on any atom is -0.484 e. The summed E-state index contributed by atoms with van der Waals surface area (Å²) in [5.74, 6) is 0.647. The van der Waals surface area contributed by atoms with Crippen molar-refractivity contribution >= 4 is 0 Å². The first-order valence-corrected chi connectivity index (χ1v) is 3.98. The van der Waals surface area contributed by atoms with E-state index in [2.05, 4.69) is 10.2 Å². The number of hydrogen-bond acceptors (Lipinski definition) is 4. The number of benzene rings is 1. The second-order valence-corrected chi connectivity index (χ2v) is 2.58. The molecule has 0 aliphatic rings. The summed E-state index contributed by atoms with van der Waals surface area (Å²) in [5, 5.41) is 7.13. The minimum atomic E-state index is -0.296. The highest BCUT2D eigenvalue weighted by atomic mass is 19.1. The van der Waals surface area contributed by atoms with E-state index in [0.717, 1.165) is 0 Å². The van der Waals surface area contributed by atoms with Crippen LogP contribution in [0.1, 0.15) is 5.89 Å². The zero-order valence-corrected chi connectivity index (χ0v) is 7.18. The van der Waals surface area contributed by atoms with Gasteiger partial charge >= 0.3 is 0 Å².